The summed E-state index contributed by atoms with van der Waals surface area (Å²) in [6.07, 6.45) is 5.77. The highest BCUT2D eigenvalue weighted by atomic mass is 35.5. The van der Waals surface area contributed by atoms with Crippen LogP contribution in [0.15, 0.2) is 84.9 Å². The zero-order chi connectivity index (χ0) is 25.2. The molecule has 3 aromatic rings. The van der Waals surface area contributed by atoms with Gasteiger partial charge in [0.15, 0.2) is 6.61 Å². The molecule has 36 heavy (non-hydrogen) atoms. The summed E-state index contributed by atoms with van der Waals surface area (Å²) in [4.78, 5) is 29.0. The Morgan fingerprint density at radius 2 is 1.53 bits per heavy atom. The second-order valence-electron chi connectivity index (χ2n) is 9.26. The van der Waals surface area contributed by atoms with Crippen LogP contribution in [0, 0.1) is 0 Å². The van der Waals surface area contributed by atoms with Gasteiger partial charge in [0.05, 0.1) is 0 Å². The summed E-state index contributed by atoms with van der Waals surface area (Å²) in [6.45, 7) is 0.0444. The maximum atomic E-state index is 13.7. The first-order valence-electron chi connectivity index (χ1n) is 12.6. The van der Waals surface area contributed by atoms with Crippen molar-refractivity contribution < 1.29 is 14.3 Å². The number of carbonyl (C=O) groups is 2. The van der Waals surface area contributed by atoms with Crippen molar-refractivity contribution in [2.75, 3.05) is 6.61 Å². The third-order valence-corrected chi connectivity index (χ3v) is 7.00. The standard InChI is InChI=1S/C30H33ClN2O3/c31-27-19-11-10-14-24(27)21-33(29(34)22-36-26-17-8-3-9-18-26)28(20-23-12-4-1-5-13-23)30(35)32-25-15-6-2-7-16-25/h1,3-5,8-14,17-19,25,28H,2,6-7,15-16,20-22H2,(H,32,35)/t28-/m0/s1. The van der Waals surface area contributed by atoms with E-state index < -0.39 is 6.04 Å². The number of nitrogens with one attached hydrogen (secondary N) is 1. The van der Waals surface area contributed by atoms with Gasteiger partial charge < -0.3 is 15.0 Å². The largest absolute Gasteiger partial charge is 0.484 e. The number of ether oxygens (including phenoxy) is 1. The van der Waals surface area contributed by atoms with Gasteiger partial charge in [0.1, 0.15) is 11.8 Å². The van der Waals surface area contributed by atoms with Crippen molar-refractivity contribution in [3.05, 3.63) is 101 Å². The predicted molar refractivity (Wildman–Crippen MR) is 143 cm³/mol. The molecule has 0 saturated heterocycles. The molecular formula is C30H33ClN2O3. The molecule has 0 aliphatic heterocycles. The Morgan fingerprint density at radius 3 is 2.22 bits per heavy atom. The van der Waals surface area contributed by atoms with Crippen LogP contribution < -0.4 is 10.1 Å². The average Bonchev–Trinajstić information content (AvgIpc) is 2.92. The average molecular weight is 505 g/mol. The van der Waals surface area contributed by atoms with E-state index in [2.05, 4.69) is 5.32 Å². The zero-order valence-corrected chi connectivity index (χ0v) is 21.2. The number of halogens is 1. The second-order valence-corrected chi connectivity index (χ2v) is 9.67. The Kier molecular flexibility index (Phi) is 9.40. The molecule has 0 bridgehead atoms. The summed E-state index contributed by atoms with van der Waals surface area (Å²) in [5, 5.41) is 3.80. The quantitative estimate of drug-likeness (QED) is 0.379. The van der Waals surface area contributed by atoms with Crippen LogP contribution in [-0.4, -0.2) is 35.4 Å². The van der Waals surface area contributed by atoms with Crippen LogP contribution in [0.1, 0.15) is 43.2 Å². The number of para-hydroxylation sites is 1. The topological polar surface area (TPSA) is 58.6 Å². The van der Waals surface area contributed by atoms with Gasteiger partial charge in [-0.25, -0.2) is 0 Å². The Balaban J connectivity index is 1.61. The maximum Gasteiger partial charge on any atom is 0.261 e. The summed E-state index contributed by atoms with van der Waals surface area (Å²) < 4.78 is 5.79. The lowest BCUT2D eigenvalue weighted by atomic mass is 9.94. The van der Waals surface area contributed by atoms with Crippen molar-refractivity contribution in [3.63, 3.8) is 0 Å². The normalized spacial score (nSPS) is 14.6. The molecule has 0 unspecified atom stereocenters. The Bertz CT molecular complexity index is 1120. The van der Waals surface area contributed by atoms with E-state index >= 15 is 0 Å². The van der Waals surface area contributed by atoms with Crippen molar-refractivity contribution >= 4 is 23.4 Å². The van der Waals surface area contributed by atoms with Gasteiger partial charge in [-0.3, -0.25) is 9.59 Å². The van der Waals surface area contributed by atoms with E-state index in [1.54, 1.807) is 11.0 Å². The Hall–Kier alpha value is -3.31. The lowest BCUT2D eigenvalue weighted by Crippen LogP contribution is -2.53. The van der Waals surface area contributed by atoms with Crippen molar-refractivity contribution in [2.24, 2.45) is 0 Å². The molecule has 6 heteroatoms. The van der Waals surface area contributed by atoms with E-state index in [1.165, 1.54) is 6.42 Å². The van der Waals surface area contributed by atoms with E-state index in [9.17, 15) is 9.59 Å². The predicted octanol–water partition coefficient (Wildman–Crippen LogP) is 5.81. The summed E-state index contributed by atoms with van der Waals surface area (Å²) in [5.41, 5.74) is 1.78. The molecule has 1 atom stereocenters. The van der Waals surface area contributed by atoms with Gasteiger partial charge in [0.25, 0.3) is 5.91 Å². The third kappa shape index (κ3) is 7.34. The van der Waals surface area contributed by atoms with Crippen LogP contribution >= 0.6 is 11.6 Å². The number of amides is 2. The van der Waals surface area contributed by atoms with Crippen LogP contribution in [0.2, 0.25) is 5.02 Å². The molecule has 2 amide bonds. The van der Waals surface area contributed by atoms with Crippen LogP contribution in [0.25, 0.3) is 0 Å². The first-order chi connectivity index (χ1) is 17.6. The minimum atomic E-state index is -0.697. The molecule has 3 aromatic carbocycles. The molecule has 1 aliphatic carbocycles. The van der Waals surface area contributed by atoms with Gasteiger partial charge in [-0.2, -0.15) is 0 Å². The van der Waals surface area contributed by atoms with Gasteiger partial charge in [0.2, 0.25) is 5.91 Å². The molecule has 0 heterocycles. The van der Waals surface area contributed by atoms with Gasteiger partial charge in [-0.15, -0.1) is 0 Å². The summed E-state index contributed by atoms with van der Waals surface area (Å²) in [6, 6.07) is 25.9. The fourth-order valence-corrected chi connectivity index (χ4v) is 4.85. The lowest BCUT2D eigenvalue weighted by molar-refractivity contribution is -0.143. The molecule has 0 spiro atoms. The second kappa shape index (κ2) is 13.1. The molecule has 1 aliphatic rings. The van der Waals surface area contributed by atoms with E-state index in [0.717, 1.165) is 36.8 Å². The van der Waals surface area contributed by atoms with E-state index in [4.69, 9.17) is 16.3 Å². The summed E-state index contributed by atoms with van der Waals surface area (Å²) in [7, 11) is 0. The van der Waals surface area contributed by atoms with Gasteiger partial charge >= 0.3 is 0 Å². The molecule has 1 fully saturated rings. The van der Waals surface area contributed by atoms with Gasteiger partial charge in [0, 0.05) is 24.0 Å². The monoisotopic (exact) mass is 504 g/mol. The number of nitrogens with zero attached hydrogens (tertiary/aromatic N) is 1. The molecule has 4 rings (SSSR count). The fourth-order valence-electron chi connectivity index (χ4n) is 4.65. The molecule has 1 N–H and O–H groups in total. The Morgan fingerprint density at radius 1 is 0.889 bits per heavy atom. The first kappa shape index (κ1) is 25.8. The van der Waals surface area contributed by atoms with Crippen molar-refractivity contribution in [2.45, 2.75) is 57.2 Å². The number of rotatable bonds is 10. The molecular weight excluding hydrogens is 472 g/mol. The molecule has 1 saturated carbocycles. The van der Waals surface area contributed by atoms with Crippen molar-refractivity contribution in [1.82, 2.24) is 10.2 Å². The number of benzene rings is 3. The van der Waals surface area contributed by atoms with Crippen LogP contribution in [0.4, 0.5) is 0 Å². The van der Waals surface area contributed by atoms with E-state index in [0.29, 0.717) is 17.2 Å². The third-order valence-electron chi connectivity index (χ3n) is 6.63. The highest BCUT2D eigenvalue weighted by molar-refractivity contribution is 6.31. The van der Waals surface area contributed by atoms with Crippen molar-refractivity contribution in [3.8, 4) is 5.75 Å². The lowest BCUT2D eigenvalue weighted by Gasteiger charge is -2.33. The minimum Gasteiger partial charge on any atom is -0.484 e. The van der Waals surface area contributed by atoms with Crippen LogP contribution in [0.3, 0.4) is 0 Å². The molecule has 0 aromatic heterocycles. The zero-order valence-electron chi connectivity index (χ0n) is 20.4. The van der Waals surface area contributed by atoms with Crippen LogP contribution in [0.5, 0.6) is 5.75 Å². The summed E-state index contributed by atoms with van der Waals surface area (Å²) in [5.74, 6) is 0.208. The molecule has 188 valence electrons. The Labute approximate surface area is 218 Å². The molecule has 0 radical (unpaired) electrons. The highest BCUT2D eigenvalue weighted by Crippen LogP contribution is 2.22. The van der Waals surface area contributed by atoms with Gasteiger partial charge in [-0.1, -0.05) is 97.6 Å². The number of hydrogen-bond donors (Lipinski definition) is 1. The maximum absolute atomic E-state index is 13.7. The first-order valence-corrected chi connectivity index (χ1v) is 13.0. The molecule has 5 nitrogen and oxygen atoms in total. The van der Waals surface area contributed by atoms with Crippen molar-refractivity contribution in [1.29, 1.82) is 0 Å². The fraction of sp³-hybridized carbons (Fsp3) is 0.333. The van der Waals surface area contributed by atoms with E-state index in [1.807, 2.05) is 78.9 Å². The SMILES string of the molecule is O=C(NC1CCCCC1)[C@H](Cc1ccccc1)N(Cc1ccccc1Cl)C(=O)COc1ccccc1. The number of hydrogen-bond acceptors (Lipinski definition) is 3. The number of carbonyl (C=O) groups excluding carboxylic acids is 2. The van der Waals surface area contributed by atoms with Crippen LogP contribution in [-0.2, 0) is 22.6 Å². The van der Waals surface area contributed by atoms with Gasteiger partial charge in [-0.05, 0) is 42.2 Å². The summed E-state index contributed by atoms with van der Waals surface area (Å²) >= 11 is 6.48. The smallest absolute Gasteiger partial charge is 0.261 e. The van der Waals surface area contributed by atoms with E-state index in [-0.39, 0.29) is 31.0 Å². The minimum absolute atomic E-state index is 0.133. The highest BCUT2D eigenvalue weighted by Gasteiger charge is 2.32.